The number of unbranched alkanes of at least 4 members (excludes halogenated alkanes) is 2. The molecule has 0 radical (unpaired) electrons. The zero-order chi connectivity index (χ0) is 23.2. The molecule has 2 saturated heterocycles. The quantitative estimate of drug-likeness (QED) is 0.488. The normalized spacial score (nSPS) is 24.7. The smallest absolute Gasteiger partial charge is 0.162 e. The molecule has 32 heavy (non-hydrogen) atoms. The van der Waals surface area contributed by atoms with Crippen LogP contribution in [0.5, 0.6) is 11.5 Å². The minimum Gasteiger partial charge on any atom is -0.504 e. The maximum atomic E-state index is 11.1. The van der Waals surface area contributed by atoms with Crippen LogP contribution in [0.4, 0.5) is 0 Å². The number of benzene rings is 1. The maximum Gasteiger partial charge on any atom is 0.162 e. The van der Waals surface area contributed by atoms with Gasteiger partial charge in [-0.1, -0.05) is 40.0 Å². The van der Waals surface area contributed by atoms with E-state index in [1.807, 2.05) is 13.0 Å². The van der Waals surface area contributed by atoms with E-state index in [0.717, 1.165) is 51.1 Å². The highest BCUT2D eigenvalue weighted by atomic mass is 16.6. The topological polar surface area (TPSA) is 71.4 Å². The third-order valence-corrected chi connectivity index (χ3v) is 7.02. The molecule has 2 unspecified atom stereocenters. The van der Waals surface area contributed by atoms with Crippen LogP contribution in [0.3, 0.4) is 0 Å². The molecule has 2 aliphatic rings. The van der Waals surface area contributed by atoms with E-state index in [2.05, 4.69) is 31.7 Å². The molecule has 0 bridgehead atoms. The summed E-state index contributed by atoms with van der Waals surface area (Å²) in [6.45, 7) is 13.1. The van der Waals surface area contributed by atoms with Crippen molar-refractivity contribution in [2.75, 3.05) is 39.5 Å². The SMILES string of the molecule is CCCCCC(C)(C)c1cc(CN2CCOCC2)c(O)c(OCC2(C)CCC(CO)O2)c1. The molecular formula is C26H43NO5. The Bertz CT molecular complexity index is 731. The summed E-state index contributed by atoms with van der Waals surface area (Å²) in [5.74, 6) is 0.761. The second-order valence-electron chi connectivity index (χ2n) is 10.4. The Morgan fingerprint density at radius 3 is 2.62 bits per heavy atom. The van der Waals surface area contributed by atoms with Gasteiger partial charge in [0, 0.05) is 25.2 Å². The van der Waals surface area contributed by atoms with Crippen LogP contribution in [-0.4, -0.2) is 66.3 Å². The molecule has 182 valence electrons. The molecule has 2 aliphatic heterocycles. The molecule has 0 amide bonds. The molecule has 3 rings (SSSR count). The summed E-state index contributed by atoms with van der Waals surface area (Å²) in [4.78, 5) is 2.32. The molecule has 0 saturated carbocycles. The number of aliphatic hydroxyl groups excluding tert-OH is 1. The number of morpholine rings is 1. The van der Waals surface area contributed by atoms with Gasteiger partial charge in [-0.3, -0.25) is 4.90 Å². The fourth-order valence-corrected chi connectivity index (χ4v) is 4.70. The van der Waals surface area contributed by atoms with Gasteiger partial charge >= 0.3 is 0 Å². The molecule has 1 aromatic rings. The van der Waals surface area contributed by atoms with E-state index in [0.29, 0.717) is 18.9 Å². The van der Waals surface area contributed by atoms with Crippen LogP contribution in [0, 0.1) is 0 Å². The number of hydrogen-bond donors (Lipinski definition) is 2. The fourth-order valence-electron chi connectivity index (χ4n) is 4.70. The van der Waals surface area contributed by atoms with Gasteiger partial charge in [0.25, 0.3) is 0 Å². The van der Waals surface area contributed by atoms with E-state index in [1.165, 1.54) is 24.8 Å². The Hall–Kier alpha value is -1.34. The highest BCUT2D eigenvalue weighted by Gasteiger charge is 2.37. The monoisotopic (exact) mass is 449 g/mol. The van der Waals surface area contributed by atoms with Crippen LogP contribution in [0.25, 0.3) is 0 Å². The van der Waals surface area contributed by atoms with Crippen molar-refractivity contribution in [1.29, 1.82) is 0 Å². The van der Waals surface area contributed by atoms with E-state index in [-0.39, 0.29) is 23.9 Å². The molecule has 1 aromatic carbocycles. The summed E-state index contributed by atoms with van der Waals surface area (Å²) >= 11 is 0. The number of phenolic OH excluding ortho intramolecular Hbond substituents is 1. The average Bonchev–Trinajstić information content (AvgIpc) is 3.16. The highest BCUT2D eigenvalue weighted by molar-refractivity contribution is 5.50. The summed E-state index contributed by atoms with van der Waals surface area (Å²) in [6, 6.07) is 4.19. The second kappa shape index (κ2) is 11.2. The first-order chi connectivity index (χ1) is 15.3. The molecule has 0 aliphatic carbocycles. The highest BCUT2D eigenvalue weighted by Crippen LogP contribution is 2.40. The Morgan fingerprint density at radius 1 is 1.22 bits per heavy atom. The van der Waals surface area contributed by atoms with Crippen LogP contribution in [0.15, 0.2) is 12.1 Å². The van der Waals surface area contributed by atoms with Crippen LogP contribution in [0.1, 0.15) is 77.3 Å². The summed E-state index contributed by atoms with van der Waals surface area (Å²) in [7, 11) is 0. The van der Waals surface area contributed by atoms with E-state index in [4.69, 9.17) is 14.2 Å². The molecule has 2 N–H and O–H groups in total. The van der Waals surface area contributed by atoms with Gasteiger partial charge in [0.2, 0.25) is 0 Å². The molecule has 0 aromatic heterocycles. The molecule has 2 heterocycles. The third kappa shape index (κ3) is 6.60. The standard InChI is InChI=1S/C26H43NO5/c1-5-6-7-9-25(2,3)21-15-20(17-27-11-13-30-14-12-27)24(29)23(16-21)31-19-26(4)10-8-22(18-28)32-26/h15-16,22,28-29H,5-14,17-19H2,1-4H3. The predicted molar refractivity (Wildman–Crippen MR) is 126 cm³/mol. The van der Waals surface area contributed by atoms with Gasteiger partial charge < -0.3 is 24.4 Å². The predicted octanol–water partition coefficient (Wildman–Crippen LogP) is 4.39. The average molecular weight is 450 g/mol. The minimum absolute atomic E-state index is 0.00349. The lowest BCUT2D eigenvalue weighted by Gasteiger charge is -2.31. The van der Waals surface area contributed by atoms with Gasteiger partial charge in [-0.05, 0) is 49.3 Å². The number of hydrogen-bond acceptors (Lipinski definition) is 6. The van der Waals surface area contributed by atoms with Crippen molar-refractivity contribution >= 4 is 0 Å². The van der Waals surface area contributed by atoms with Crippen LogP contribution >= 0.6 is 0 Å². The number of aromatic hydroxyl groups is 1. The van der Waals surface area contributed by atoms with Crippen LogP contribution in [-0.2, 0) is 21.4 Å². The number of phenols is 1. The Labute approximate surface area is 193 Å². The second-order valence-corrected chi connectivity index (χ2v) is 10.4. The summed E-state index contributed by atoms with van der Waals surface area (Å²) in [5.41, 5.74) is 1.66. The molecule has 2 fully saturated rings. The van der Waals surface area contributed by atoms with Crippen LogP contribution in [0.2, 0.25) is 0 Å². The van der Waals surface area contributed by atoms with Gasteiger partial charge in [-0.15, -0.1) is 0 Å². The van der Waals surface area contributed by atoms with Gasteiger partial charge in [-0.2, -0.15) is 0 Å². The van der Waals surface area contributed by atoms with E-state index in [1.54, 1.807) is 0 Å². The molecule has 6 heteroatoms. The third-order valence-electron chi connectivity index (χ3n) is 7.02. The van der Waals surface area contributed by atoms with E-state index < -0.39 is 5.60 Å². The van der Waals surface area contributed by atoms with Crippen molar-refractivity contribution in [3.8, 4) is 11.5 Å². The van der Waals surface area contributed by atoms with Gasteiger partial charge in [0.1, 0.15) is 6.61 Å². The molecule has 0 spiro atoms. The lowest BCUT2D eigenvalue weighted by Crippen LogP contribution is -2.36. The zero-order valence-electron chi connectivity index (χ0n) is 20.5. The van der Waals surface area contributed by atoms with Crippen molar-refractivity contribution in [1.82, 2.24) is 4.90 Å². The number of nitrogens with zero attached hydrogens (tertiary/aromatic N) is 1. The van der Waals surface area contributed by atoms with Crippen LogP contribution < -0.4 is 4.74 Å². The van der Waals surface area contributed by atoms with E-state index >= 15 is 0 Å². The van der Waals surface area contributed by atoms with Crippen molar-refractivity contribution < 1.29 is 24.4 Å². The van der Waals surface area contributed by atoms with Gasteiger partial charge in [-0.25, -0.2) is 0 Å². The summed E-state index contributed by atoms with van der Waals surface area (Å²) in [5, 5.41) is 20.5. The first-order valence-corrected chi connectivity index (χ1v) is 12.3. The maximum absolute atomic E-state index is 11.1. The van der Waals surface area contributed by atoms with Gasteiger partial charge in [0.05, 0.1) is 31.5 Å². The number of aliphatic hydroxyl groups is 1. The van der Waals surface area contributed by atoms with Crippen molar-refractivity contribution in [2.45, 2.75) is 89.9 Å². The fraction of sp³-hybridized carbons (Fsp3) is 0.769. The number of rotatable bonds is 11. The first-order valence-electron chi connectivity index (χ1n) is 12.3. The number of ether oxygens (including phenoxy) is 3. The van der Waals surface area contributed by atoms with Crippen molar-refractivity contribution in [3.63, 3.8) is 0 Å². The minimum atomic E-state index is -0.448. The van der Waals surface area contributed by atoms with E-state index in [9.17, 15) is 10.2 Å². The molecular weight excluding hydrogens is 406 g/mol. The van der Waals surface area contributed by atoms with Gasteiger partial charge in [0.15, 0.2) is 11.5 Å². The van der Waals surface area contributed by atoms with Crippen molar-refractivity contribution in [3.05, 3.63) is 23.3 Å². The lowest BCUT2D eigenvalue weighted by molar-refractivity contribution is -0.0696. The largest absolute Gasteiger partial charge is 0.504 e. The zero-order valence-corrected chi connectivity index (χ0v) is 20.5. The Morgan fingerprint density at radius 2 is 1.97 bits per heavy atom. The Balaban J connectivity index is 1.82. The summed E-state index contributed by atoms with van der Waals surface area (Å²) < 4.78 is 17.7. The molecule has 2 atom stereocenters. The van der Waals surface area contributed by atoms with Crippen molar-refractivity contribution in [2.24, 2.45) is 0 Å². The lowest BCUT2D eigenvalue weighted by atomic mass is 9.79. The molecule has 6 nitrogen and oxygen atoms in total. The summed E-state index contributed by atoms with van der Waals surface area (Å²) in [6.07, 6.45) is 6.26. The first kappa shape index (κ1) is 25.3. The Kier molecular flexibility index (Phi) is 8.84.